The normalized spacial score (nSPS) is 11.0. The van der Waals surface area contributed by atoms with Gasteiger partial charge in [-0.05, 0) is 130 Å². The third-order valence-electron chi connectivity index (χ3n) is 14.0. The highest BCUT2D eigenvalue weighted by molar-refractivity contribution is 6.14. The highest BCUT2D eigenvalue weighted by Crippen LogP contribution is 2.46. The SMILES string of the molecule is [C-]#[N+]c1ccc(-c2ccc3c4ccc(-c5ccc([N+]#[C-])cc5)cc4n(-c4cc([N+]#[C-])c(-c5cc(C)nc(C)c5)cc4-n4c5cc(-c6ccc(C#N)cc6)ccc5c5ccc(-c6ccc([N+]#[C-])cc6)cc54)c3c2)cc1. The van der Waals surface area contributed by atoms with E-state index in [9.17, 15) is 5.26 Å². The summed E-state index contributed by atoms with van der Waals surface area (Å²) in [4.78, 5) is 20.0. The topological polar surface area (TPSA) is 64.0 Å². The van der Waals surface area contributed by atoms with Crippen molar-refractivity contribution in [3.8, 4) is 73.1 Å². The molecule has 74 heavy (non-hydrogen) atoms. The lowest BCUT2D eigenvalue weighted by atomic mass is 10.00. The Hall–Kier alpha value is -10.8. The van der Waals surface area contributed by atoms with Crippen LogP contribution in [0.1, 0.15) is 17.0 Å². The number of fused-ring (bicyclic) bond motifs is 6. The number of aromatic nitrogens is 3. The fourth-order valence-corrected chi connectivity index (χ4v) is 10.4. The van der Waals surface area contributed by atoms with Crippen molar-refractivity contribution in [2.75, 3.05) is 0 Å². The molecule has 342 valence electrons. The van der Waals surface area contributed by atoms with E-state index in [0.29, 0.717) is 28.3 Å². The smallest absolute Gasteiger partial charge is 0.197 e. The van der Waals surface area contributed by atoms with Crippen LogP contribution in [0.5, 0.6) is 0 Å². The molecule has 0 aliphatic rings. The van der Waals surface area contributed by atoms with Crippen LogP contribution in [0.3, 0.4) is 0 Å². The number of benzene rings is 9. The molecule has 9 aromatic carbocycles. The van der Waals surface area contributed by atoms with Crippen molar-refractivity contribution in [1.29, 1.82) is 5.26 Å². The summed E-state index contributed by atoms with van der Waals surface area (Å²) < 4.78 is 4.63. The molecule has 0 atom stereocenters. The number of aryl methyl sites for hydroxylation is 2. The summed E-state index contributed by atoms with van der Waals surface area (Å²) in [7, 11) is 0. The average Bonchev–Trinajstić information content (AvgIpc) is 3.95. The zero-order valence-corrected chi connectivity index (χ0v) is 40.1. The van der Waals surface area contributed by atoms with Gasteiger partial charge in [0.15, 0.2) is 22.7 Å². The second-order valence-corrected chi connectivity index (χ2v) is 18.4. The molecule has 0 spiro atoms. The summed E-state index contributed by atoms with van der Waals surface area (Å²) in [6, 6.07) is 67.2. The van der Waals surface area contributed by atoms with Gasteiger partial charge in [0.2, 0.25) is 0 Å². The van der Waals surface area contributed by atoms with Crippen LogP contribution in [0.15, 0.2) is 194 Å². The Morgan fingerprint density at radius 1 is 0.365 bits per heavy atom. The van der Waals surface area contributed by atoms with Gasteiger partial charge in [0.05, 0.1) is 71.4 Å². The van der Waals surface area contributed by atoms with E-state index in [0.717, 1.165) is 122 Å². The number of rotatable bonds is 7. The molecule has 0 fully saturated rings. The Balaban J connectivity index is 1.24. The minimum atomic E-state index is 0.472. The molecule has 0 saturated carbocycles. The highest BCUT2D eigenvalue weighted by Gasteiger charge is 2.24. The maximum absolute atomic E-state index is 9.70. The predicted octanol–water partition coefficient (Wildman–Crippen LogP) is 18.3. The molecule has 8 nitrogen and oxygen atoms in total. The molecule has 0 aliphatic heterocycles. The second kappa shape index (κ2) is 17.9. The van der Waals surface area contributed by atoms with Gasteiger partial charge in [-0.3, -0.25) is 4.98 Å². The van der Waals surface area contributed by atoms with Crippen molar-refractivity contribution in [3.05, 3.63) is 257 Å². The third kappa shape index (κ3) is 7.56. The monoisotopic (exact) mass is 942 g/mol. The molecule has 12 aromatic rings. The van der Waals surface area contributed by atoms with Gasteiger partial charge >= 0.3 is 0 Å². The first kappa shape index (κ1) is 44.4. The van der Waals surface area contributed by atoms with E-state index in [2.05, 4.69) is 113 Å². The molecule has 0 amide bonds. The van der Waals surface area contributed by atoms with Crippen LogP contribution in [0.2, 0.25) is 0 Å². The van der Waals surface area contributed by atoms with E-state index in [1.165, 1.54) is 0 Å². The molecule has 0 saturated heterocycles. The second-order valence-electron chi connectivity index (χ2n) is 18.4. The van der Waals surface area contributed by atoms with Gasteiger partial charge in [-0.1, -0.05) is 133 Å². The van der Waals surface area contributed by atoms with Crippen molar-refractivity contribution in [2.45, 2.75) is 13.8 Å². The number of hydrogen-bond acceptors (Lipinski definition) is 2. The Morgan fingerprint density at radius 3 is 1.01 bits per heavy atom. The van der Waals surface area contributed by atoms with E-state index in [1.54, 1.807) is 0 Å². The summed E-state index contributed by atoms with van der Waals surface area (Å²) in [6.45, 7) is 35.7. The molecular weight excluding hydrogens is 905 g/mol. The van der Waals surface area contributed by atoms with Crippen molar-refractivity contribution < 1.29 is 0 Å². The Kier molecular flexibility index (Phi) is 10.7. The first-order valence-corrected chi connectivity index (χ1v) is 23.8. The maximum Gasteiger partial charge on any atom is 0.197 e. The lowest BCUT2D eigenvalue weighted by Gasteiger charge is -2.21. The molecule has 0 radical (unpaired) electrons. The van der Waals surface area contributed by atoms with Crippen molar-refractivity contribution in [1.82, 2.24) is 14.1 Å². The first-order valence-electron chi connectivity index (χ1n) is 23.8. The maximum atomic E-state index is 9.70. The zero-order chi connectivity index (χ0) is 50.6. The van der Waals surface area contributed by atoms with Gasteiger partial charge in [0.25, 0.3) is 0 Å². The van der Waals surface area contributed by atoms with Gasteiger partial charge in [0.1, 0.15) is 0 Å². The summed E-state index contributed by atoms with van der Waals surface area (Å²) in [5, 5.41) is 13.8. The average molecular weight is 943 g/mol. The zero-order valence-electron chi connectivity index (χ0n) is 40.1. The number of nitrogens with zero attached hydrogens (tertiary/aromatic N) is 8. The minimum absolute atomic E-state index is 0.472. The van der Waals surface area contributed by atoms with Crippen LogP contribution < -0.4 is 0 Å². The molecular formula is C66H38N8. The standard InChI is InChI=1S/C66H38N8/c1-40-31-51(32-41(2)72-40)59-37-65(73-61-33-47(43-9-7-42(39-67)8-10-43)17-27-55(61)56-28-18-48(34-62(56)73)44-11-21-52(68-3)22-12-44)66(38-60(59)71-6)74-63-35-49(45-13-23-53(69-4)24-14-45)19-29-57(63)58-30-20-50(36-64(58)74)46-15-25-54(70-5)26-16-46/h7-38H,1-2H3. The lowest BCUT2D eigenvalue weighted by molar-refractivity contribution is 1.10. The molecule has 0 N–H and O–H groups in total. The minimum Gasteiger partial charge on any atom is -0.308 e. The van der Waals surface area contributed by atoms with Crippen molar-refractivity contribution in [2.24, 2.45) is 0 Å². The third-order valence-corrected chi connectivity index (χ3v) is 14.0. The first-order chi connectivity index (χ1) is 36.2. The molecule has 3 heterocycles. The van der Waals surface area contributed by atoms with Crippen molar-refractivity contribution >= 4 is 66.4 Å². The fraction of sp³-hybridized carbons (Fsp3) is 0.0303. The Labute approximate surface area is 427 Å². The van der Waals surface area contributed by atoms with Crippen LogP contribution in [-0.4, -0.2) is 14.1 Å². The largest absolute Gasteiger partial charge is 0.308 e. The molecule has 3 aromatic heterocycles. The van der Waals surface area contributed by atoms with Gasteiger partial charge < -0.3 is 9.13 Å². The quantitative estimate of drug-likeness (QED) is 0.149. The molecule has 8 heteroatoms. The lowest BCUT2D eigenvalue weighted by Crippen LogP contribution is -2.05. The summed E-state index contributed by atoms with van der Waals surface area (Å²) in [5.41, 5.74) is 19.2. The van der Waals surface area contributed by atoms with Gasteiger partial charge in [0, 0.05) is 32.9 Å². The molecule has 0 aliphatic carbocycles. The molecule has 0 unspecified atom stereocenters. The van der Waals surface area contributed by atoms with Gasteiger partial charge in [-0.2, -0.15) is 5.26 Å². The highest BCUT2D eigenvalue weighted by atomic mass is 15.1. The van der Waals surface area contributed by atoms with E-state index in [4.69, 9.17) is 31.3 Å². The van der Waals surface area contributed by atoms with Crippen LogP contribution >= 0.6 is 0 Å². The summed E-state index contributed by atoms with van der Waals surface area (Å²) in [5.74, 6) is 0. The van der Waals surface area contributed by atoms with Gasteiger partial charge in [-0.25, -0.2) is 19.4 Å². The van der Waals surface area contributed by atoms with Crippen LogP contribution in [-0.2, 0) is 0 Å². The summed E-state index contributed by atoms with van der Waals surface area (Å²) in [6.07, 6.45) is 0. The number of hydrogen-bond donors (Lipinski definition) is 0. The molecule has 12 rings (SSSR count). The van der Waals surface area contributed by atoms with E-state index in [1.807, 2.05) is 129 Å². The van der Waals surface area contributed by atoms with E-state index in [-0.39, 0.29) is 0 Å². The predicted molar refractivity (Wildman–Crippen MR) is 299 cm³/mol. The summed E-state index contributed by atoms with van der Waals surface area (Å²) >= 11 is 0. The number of pyridine rings is 1. The Morgan fingerprint density at radius 2 is 0.689 bits per heavy atom. The van der Waals surface area contributed by atoms with E-state index >= 15 is 0 Å². The fourth-order valence-electron chi connectivity index (χ4n) is 10.4. The van der Waals surface area contributed by atoms with Crippen LogP contribution in [0.25, 0.3) is 130 Å². The molecule has 0 bridgehead atoms. The Bertz CT molecular complexity index is 4270. The van der Waals surface area contributed by atoms with Crippen LogP contribution in [0.4, 0.5) is 22.7 Å². The van der Waals surface area contributed by atoms with Crippen LogP contribution in [0, 0.1) is 51.5 Å². The van der Waals surface area contributed by atoms with Crippen molar-refractivity contribution in [3.63, 3.8) is 0 Å². The number of nitriles is 1. The van der Waals surface area contributed by atoms with E-state index < -0.39 is 0 Å². The van der Waals surface area contributed by atoms with Gasteiger partial charge in [-0.15, -0.1) is 0 Å².